The van der Waals surface area contributed by atoms with Crippen molar-refractivity contribution in [2.75, 3.05) is 7.05 Å². The number of rotatable bonds is 2. The molecule has 0 radical (unpaired) electrons. The Balaban J connectivity index is 1.90. The maximum atomic E-state index is 13.1. The second-order valence-corrected chi connectivity index (χ2v) is 8.18. The molecule has 0 spiro atoms. The first-order valence-electron chi connectivity index (χ1n) is 7.76. The van der Waals surface area contributed by atoms with Crippen LogP contribution in [0.5, 0.6) is 0 Å². The lowest BCUT2D eigenvalue weighted by atomic mass is 9.77. The molecule has 1 unspecified atom stereocenters. The minimum absolute atomic E-state index is 0.0985. The summed E-state index contributed by atoms with van der Waals surface area (Å²) >= 11 is 5.06. The van der Waals surface area contributed by atoms with E-state index in [1.54, 1.807) is 24.6 Å². The fourth-order valence-corrected chi connectivity index (χ4v) is 4.96. The van der Waals surface area contributed by atoms with Crippen LogP contribution in [0.4, 0.5) is 0 Å². The normalized spacial score (nSPS) is 24.0. The molecule has 3 aromatic rings. The van der Waals surface area contributed by atoms with Gasteiger partial charge in [-0.15, -0.1) is 11.3 Å². The number of nitrogens with one attached hydrogen (secondary N) is 2. The second kappa shape index (κ2) is 5.71. The number of benzene rings is 1. The molecule has 1 fully saturated rings. The number of likely N-dealkylation sites (N-methyl/N-ethyl adjacent to an activating group) is 1. The molecule has 0 bridgehead atoms. The molecule has 2 aromatic heterocycles. The molecular weight excluding hydrogens is 402 g/mol. The van der Waals surface area contributed by atoms with Gasteiger partial charge in [-0.25, -0.2) is 0 Å². The third-order valence-corrected chi connectivity index (χ3v) is 6.69. The van der Waals surface area contributed by atoms with Gasteiger partial charge < -0.3 is 9.73 Å². The zero-order valence-corrected chi connectivity index (χ0v) is 16.1. The van der Waals surface area contributed by atoms with Crippen LogP contribution in [-0.2, 0) is 10.3 Å². The molecule has 4 rings (SSSR count). The number of fused-ring (bicyclic) bond motifs is 1. The van der Waals surface area contributed by atoms with Gasteiger partial charge in [0.15, 0.2) is 5.96 Å². The van der Waals surface area contributed by atoms with Gasteiger partial charge in [0.05, 0.1) is 17.7 Å². The highest BCUT2D eigenvalue weighted by atomic mass is 79.9. The van der Waals surface area contributed by atoms with E-state index in [2.05, 4.69) is 21.2 Å². The van der Waals surface area contributed by atoms with E-state index < -0.39 is 11.5 Å². The van der Waals surface area contributed by atoms with Crippen molar-refractivity contribution in [2.45, 2.75) is 18.4 Å². The molecule has 5 nitrogen and oxygen atoms in total. The van der Waals surface area contributed by atoms with Gasteiger partial charge in [-0.2, -0.15) is 0 Å². The number of amides is 1. The van der Waals surface area contributed by atoms with Gasteiger partial charge in [-0.3, -0.25) is 15.1 Å². The fraction of sp³-hybridized carbons (Fsp3) is 0.222. The number of carbonyl (C=O) groups excluding carboxylic acids is 1. The van der Waals surface area contributed by atoms with E-state index in [0.717, 1.165) is 25.9 Å². The molecule has 0 aliphatic carbocycles. The highest BCUT2D eigenvalue weighted by molar-refractivity contribution is 9.10. The highest BCUT2D eigenvalue weighted by Crippen LogP contribution is 2.44. The van der Waals surface area contributed by atoms with Crippen LogP contribution < -0.4 is 5.32 Å². The molecule has 0 saturated carbocycles. The van der Waals surface area contributed by atoms with Crippen LogP contribution in [0.3, 0.4) is 0 Å². The molecule has 25 heavy (non-hydrogen) atoms. The number of hydrogen-bond donors (Lipinski definition) is 2. The van der Waals surface area contributed by atoms with Crippen LogP contribution in [-0.4, -0.2) is 23.8 Å². The minimum Gasteiger partial charge on any atom is -0.464 e. The van der Waals surface area contributed by atoms with E-state index in [-0.39, 0.29) is 11.9 Å². The van der Waals surface area contributed by atoms with E-state index in [0.29, 0.717) is 0 Å². The Labute approximate surface area is 157 Å². The van der Waals surface area contributed by atoms with Crippen LogP contribution >= 0.6 is 27.3 Å². The highest BCUT2D eigenvalue weighted by Gasteiger charge is 2.49. The van der Waals surface area contributed by atoms with Crippen LogP contribution in [0.15, 0.2) is 50.9 Å². The van der Waals surface area contributed by atoms with Crippen molar-refractivity contribution in [3.05, 3.63) is 56.9 Å². The molecular formula is C18H16BrN3O2S. The lowest BCUT2D eigenvalue weighted by Gasteiger charge is -2.45. The predicted octanol–water partition coefficient (Wildman–Crippen LogP) is 4.25. The SMILES string of the molecule is CN1C(=N)N[C@](C)(c2cc(Br)cs2)C(c2ccc3occc3c2)C1=O. The van der Waals surface area contributed by atoms with Gasteiger partial charge in [0.2, 0.25) is 5.91 Å². The van der Waals surface area contributed by atoms with Gasteiger partial charge in [0.25, 0.3) is 0 Å². The number of furan rings is 1. The maximum Gasteiger partial charge on any atom is 0.239 e. The second-order valence-electron chi connectivity index (χ2n) is 6.35. The molecule has 1 amide bonds. The van der Waals surface area contributed by atoms with Crippen LogP contribution in [0, 0.1) is 5.41 Å². The lowest BCUT2D eigenvalue weighted by molar-refractivity contribution is -0.131. The van der Waals surface area contributed by atoms with Crippen LogP contribution in [0.1, 0.15) is 23.3 Å². The van der Waals surface area contributed by atoms with Crippen molar-refractivity contribution in [3.63, 3.8) is 0 Å². The Bertz CT molecular complexity index is 995. The first-order valence-corrected chi connectivity index (χ1v) is 9.43. The minimum atomic E-state index is -0.700. The average Bonchev–Trinajstić information content (AvgIpc) is 3.21. The van der Waals surface area contributed by atoms with Crippen molar-refractivity contribution in [2.24, 2.45) is 0 Å². The Kier molecular flexibility index (Phi) is 3.73. The summed E-state index contributed by atoms with van der Waals surface area (Å²) in [6, 6.07) is 9.71. The predicted molar refractivity (Wildman–Crippen MR) is 102 cm³/mol. The first-order chi connectivity index (χ1) is 11.9. The zero-order valence-electron chi connectivity index (χ0n) is 13.7. The molecule has 1 saturated heterocycles. The molecule has 1 aliphatic rings. The molecule has 7 heteroatoms. The average molecular weight is 418 g/mol. The quantitative estimate of drug-likeness (QED) is 0.654. The first kappa shape index (κ1) is 16.4. The van der Waals surface area contributed by atoms with E-state index in [1.165, 1.54) is 4.90 Å². The van der Waals surface area contributed by atoms with Crippen molar-refractivity contribution in [3.8, 4) is 0 Å². The summed E-state index contributed by atoms with van der Waals surface area (Å²) in [5, 5.41) is 14.4. The summed E-state index contributed by atoms with van der Waals surface area (Å²) in [4.78, 5) is 15.5. The molecule has 3 heterocycles. The van der Waals surface area contributed by atoms with Gasteiger partial charge >= 0.3 is 0 Å². The van der Waals surface area contributed by atoms with Crippen molar-refractivity contribution in [1.29, 1.82) is 5.41 Å². The van der Waals surface area contributed by atoms with Crippen LogP contribution in [0.2, 0.25) is 0 Å². The number of guanidine groups is 1. The smallest absolute Gasteiger partial charge is 0.239 e. The summed E-state index contributed by atoms with van der Waals surface area (Å²) < 4.78 is 6.39. The number of nitrogens with zero attached hydrogens (tertiary/aromatic N) is 1. The lowest BCUT2D eigenvalue weighted by Crippen LogP contribution is -2.62. The van der Waals surface area contributed by atoms with Gasteiger partial charge in [-0.1, -0.05) is 6.07 Å². The fourth-order valence-electron chi connectivity index (χ4n) is 3.38. The number of thiophene rings is 1. The Hall–Kier alpha value is -2.12. The van der Waals surface area contributed by atoms with E-state index in [1.807, 2.05) is 42.6 Å². The summed E-state index contributed by atoms with van der Waals surface area (Å²) in [5.41, 5.74) is 0.994. The monoisotopic (exact) mass is 417 g/mol. The topological polar surface area (TPSA) is 69.3 Å². The van der Waals surface area contributed by atoms with E-state index >= 15 is 0 Å². The maximum absolute atomic E-state index is 13.1. The van der Waals surface area contributed by atoms with Crippen LogP contribution in [0.25, 0.3) is 11.0 Å². The third-order valence-electron chi connectivity index (χ3n) is 4.76. The summed E-state index contributed by atoms with van der Waals surface area (Å²) in [5.74, 6) is -0.437. The van der Waals surface area contributed by atoms with E-state index in [9.17, 15) is 4.79 Å². The molecule has 128 valence electrons. The number of halogens is 1. The Morgan fingerprint density at radius 1 is 1.36 bits per heavy atom. The van der Waals surface area contributed by atoms with Gasteiger partial charge in [-0.05, 0) is 52.7 Å². The van der Waals surface area contributed by atoms with E-state index in [4.69, 9.17) is 9.83 Å². The number of hydrogen-bond acceptors (Lipinski definition) is 4. The summed E-state index contributed by atoms with van der Waals surface area (Å²) in [6.07, 6.45) is 1.65. The zero-order chi connectivity index (χ0) is 17.8. The third kappa shape index (κ3) is 2.49. The molecule has 1 aliphatic heterocycles. The summed E-state index contributed by atoms with van der Waals surface area (Å²) in [6.45, 7) is 1.98. The summed E-state index contributed by atoms with van der Waals surface area (Å²) in [7, 11) is 1.63. The molecule has 2 atom stereocenters. The Morgan fingerprint density at radius 2 is 2.16 bits per heavy atom. The van der Waals surface area contributed by atoms with Crippen molar-refractivity contribution >= 4 is 50.1 Å². The number of carbonyl (C=O) groups is 1. The standard InChI is InChI=1S/C18H16BrN3O2S/c1-18(14-8-12(19)9-25-14)15(16(23)22(2)17(20)21-18)11-3-4-13-10(7-11)5-6-24-13/h3-9,15H,1-2H3,(H2,20,21)/t15?,18-/m1/s1. The molecule has 1 aromatic carbocycles. The Morgan fingerprint density at radius 3 is 2.88 bits per heavy atom. The van der Waals surface area contributed by atoms with Crippen molar-refractivity contribution in [1.82, 2.24) is 10.2 Å². The van der Waals surface area contributed by atoms with Crippen molar-refractivity contribution < 1.29 is 9.21 Å². The van der Waals surface area contributed by atoms with Gasteiger partial charge in [0.1, 0.15) is 5.58 Å². The largest absolute Gasteiger partial charge is 0.464 e. The molecule has 2 N–H and O–H groups in total. The van der Waals surface area contributed by atoms with Gasteiger partial charge in [0, 0.05) is 27.2 Å².